The molecular weight excluding hydrogens is 278 g/mol. The summed E-state index contributed by atoms with van der Waals surface area (Å²) in [6, 6.07) is 8.12. The van der Waals surface area contributed by atoms with E-state index in [1.807, 2.05) is 30.1 Å². The normalized spacial score (nSPS) is 35.8. The van der Waals surface area contributed by atoms with E-state index in [4.69, 9.17) is 4.74 Å². The molecule has 118 valence electrons. The highest BCUT2D eigenvalue weighted by molar-refractivity contribution is 5.85. The Hall–Kier alpha value is -1.55. The molecule has 0 saturated heterocycles. The molecule has 0 unspecified atom stereocenters. The maximum Gasteiger partial charge on any atom is 0.226 e. The van der Waals surface area contributed by atoms with E-state index in [2.05, 4.69) is 6.07 Å². The van der Waals surface area contributed by atoms with E-state index < -0.39 is 0 Å². The van der Waals surface area contributed by atoms with E-state index in [-0.39, 0.29) is 29.4 Å². The van der Waals surface area contributed by atoms with Crippen LogP contribution in [0.15, 0.2) is 24.3 Å². The smallest absolute Gasteiger partial charge is 0.226 e. The number of aliphatic hydroxyl groups excluding tert-OH is 1. The van der Waals surface area contributed by atoms with Gasteiger partial charge in [-0.25, -0.2) is 0 Å². The van der Waals surface area contributed by atoms with E-state index in [1.165, 1.54) is 5.56 Å². The van der Waals surface area contributed by atoms with E-state index in [1.54, 1.807) is 0 Å². The molecule has 1 aromatic rings. The number of rotatable bonds is 2. The fraction of sp³-hybridized carbons (Fsp3) is 0.611. The molecule has 1 aliphatic heterocycles. The molecule has 2 aliphatic carbocycles. The first kappa shape index (κ1) is 14.1. The highest BCUT2D eigenvalue weighted by Gasteiger charge is 2.62. The van der Waals surface area contributed by atoms with Gasteiger partial charge >= 0.3 is 0 Å². The third kappa shape index (κ3) is 1.97. The first-order valence-electron chi connectivity index (χ1n) is 8.30. The molecule has 4 heteroatoms. The number of likely N-dealkylation sites (N-methyl/N-ethyl adjacent to an activating group) is 1. The number of fused-ring (bicyclic) bond motifs is 2. The molecule has 4 rings (SSSR count). The quantitative estimate of drug-likeness (QED) is 0.910. The largest absolute Gasteiger partial charge is 0.493 e. The molecule has 1 heterocycles. The SMILES string of the molecule is CN(C(=O)[C@@H]1C[C@]12CCOc1ccccc12)[C@@H]1CCC[C@H]1O. The van der Waals surface area contributed by atoms with Crippen molar-refractivity contribution < 1.29 is 14.6 Å². The van der Waals surface area contributed by atoms with Gasteiger partial charge in [0, 0.05) is 23.9 Å². The van der Waals surface area contributed by atoms with Crippen LogP contribution in [0.3, 0.4) is 0 Å². The monoisotopic (exact) mass is 301 g/mol. The van der Waals surface area contributed by atoms with Crippen LogP contribution in [-0.2, 0) is 10.2 Å². The number of amides is 1. The Balaban J connectivity index is 1.56. The van der Waals surface area contributed by atoms with Crippen molar-refractivity contribution in [3.05, 3.63) is 29.8 Å². The lowest BCUT2D eigenvalue weighted by atomic mass is 9.87. The zero-order valence-electron chi connectivity index (χ0n) is 13.0. The molecule has 1 amide bonds. The van der Waals surface area contributed by atoms with Gasteiger partial charge in [-0.05, 0) is 38.2 Å². The summed E-state index contributed by atoms with van der Waals surface area (Å²) in [5.41, 5.74) is 1.17. The summed E-state index contributed by atoms with van der Waals surface area (Å²) in [6.07, 6.45) is 4.22. The van der Waals surface area contributed by atoms with Crippen molar-refractivity contribution in [1.82, 2.24) is 4.90 Å². The standard InChI is InChI=1S/C18H23NO3/c1-19(14-6-4-7-15(14)20)17(21)13-11-18(13)9-10-22-16-8-3-2-5-12(16)18/h2-3,5,8,13-15,20H,4,6-7,9-11H2,1H3/t13-,14+,15+,18-/m0/s1. The zero-order valence-corrected chi connectivity index (χ0v) is 13.0. The van der Waals surface area contributed by atoms with Crippen molar-refractivity contribution in [3.8, 4) is 5.75 Å². The van der Waals surface area contributed by atoms with E-state index >= 15 is 0 Å². The van der Waals surface area contributed by atoms with Crippen molar-refractivity contribution in [2.24, 2.45) is 5.92 Å². The Kier molecular flexibility index (Phi) is 3.19. The highest BCUT2D eigenvalue weighted by atomic mass is 16.5. The first-order chi connectivity index (χ1) is 10.6. The Bertz CT molecular complexity index is 602. The maximum absolute atomic E-state index is 12.9. The lowest BCUT2D eigenvalue weighted by Crippen LogP contribution is -2.43. The van der Waals surface area contributed by atoms with Crippen LogP contribution in [0, 0.1) is 5.92 Å². The van der Waals surface area contributed by atoms with Crippen LogP contribution in [0.2, 0.25) is 0 Å². The van der Waals surface area contributed by atoms with Gasteiger partial charge in [0.05, 0.1) is 18.8 Å². The molecule has 1 spiro atoms. The number of nitrogens with zero attached hydrogens (tertiary/aromatic N) is 1. The van der Waals surface area contributed by atoms with Gasteiger partial charge in [-0.2, -0.15) is 0 Å². The molecular formula is C18H23NO3. The van der Waals surface area contributed by atoms with Crippen LogP contribution in [0.25, 0.3) is 0 Å². The lowest BCUT2D eigenvalue weighted by molar-refractivity contribution is -0.135. The second kappa shape index (κ2) is 4.98. The number of carbonyl (C=O) groups is 1. The summed E-state index contributed by atoms with van der Waals surface area (Å²) in [4.78, 5) is 14.7. The predicted molar refractivity (Wildman–Crippen MR) is 82.8 cm³/mol. The van der Waals surface area contributed by atoms with Crippen molar-refractivity contribution in [2.75, 3.05) is 13.7 Å². The molecule has 4 atom stereocenters. The van der Waals surface area contributed by atoms with Gasteiger partial charge in [-0.1, -0.05) is 18.2 Å². The van der Waals surface area contributed by atoms with Crippen LogP contribution in [0.4, 0.5) is 0 Å². The van der Waals surface area contributed by atoms with Gasteiger partial charge in [0.1, 0.15) is 5.75 Å². The Morgan fingerprint density at radius 1 is 1.36 bits per heavy atom. The van der Waals surface area contributed by atoms with E-state index in [9.17, 15) is 9.90 Å². The van der Waals surface area contributed by atoms with Crippen LogP contribution >= 0.6 is 0 Å². The Labute approximate surface area is 131 Å². The van der Waals surface area contributed by atoms with Gasteiger partial charge in [0.25, 0.3) is 0 Å². The molecule has 1 N–H and O–H groups in total. The third-order valence-electron chi connectivity index (χ3n) is 5.89. The molecule has 0 aromatic heterocycles. The minimum absolute atomic E-state index is 0.000217. The van der Waals surface area contributed by atoms with Gasteiger partial charge < -0.3 is 14.7 Å². The summed E-state index contributed by atoms with van der Waals surface area (Å²) < 4.78 is 5.74. The summed E-state index contributed by atoms with van der Waals surface area (Å²) in [5.74, 6) is 1.19. The molecule has 2 fully saturated rings. The fourth-order valence-electron chi connectivity index (χ4n) is 4.47. The molecule has 3 aliphatic rings. The van der Waals surface area contributed by atoms with Crippen molar-refractivity contribution >= 4 is 5.91 Å². The lowest BCUT2D eigenvalue weighted by Gasteiger charge is -2.30. The number of aliphatic hydroxyl groups is 1. The van der Waals surface area contributed by atoms with E-state index in [0.717, 1.165) is 37.9 Å². The average molecular weight is 301 g/mol. The van der Waals surface area contributed by atoms with Crippen molar-refractivity contribution in [2.45, 2.75) is 49.7 Å². The number of para-hydroxylation sites is 1. The van der Waals surface area contributed by atoms with Crippen LogP contribution in [0.1, 0.15) is 37.7 Å². The molecule has 22 heavy (non-hydrogen) atoms. The number of hydrogen-bond donors (Lipinski definition) is 1. The van der Waals surface area contributed by atoms with Gasteiger partial charge in [-0.3, -0.25) is 4.79 Å². The van der Waals surface area contributed by atoms with Crippen molar-refractivity contribution in [1.29, 1.82) is 0 Å². The molecule has 0 radical (unpaired) electrons. The summed E-state index contributed by atoms with van der Waals surface area (Å²) in [5, 5.41) is 10.1. The fourth-order valence-corrected chi connectivity index (χ4v) is 4.47. The molecule has 0 bridgehead atoms. The number of ether oxygens (including phenoxy) is 1. The predicted octanol–water partition coefficient (Wildman–Crippen LogP) is 2.10. The van der Waals surface area contributed by atoms with Crippen molar-refractivity contribution in [3.63, 3.8) is 0 Å². The van der Waals surface area contributed by atoms with Gasteiger partial charge in [-0.15, -0.1) is 0 Å². The molecule has 1 aromatic carbocycles. The van der Waals surface area contributed by atoms with Crippen LogP contribution in [0.5, 0.6) is 5.75 Å². The third-order valence-corrected chi connectivity index (χ3v) is 5.89. The minimum atomic E-state index is -0.356. The Morgan fingerprint density at radius 2 is 2.18 bits per heavy atom. The van der Waals surface area contributed by atoms with E-state index in [0.29, 0.717) is 6.61 Å². The second-order valence-electron chi connectivity index (χ2n) is 7.02. The summed E-state index contributed by atoms with van der Waals surface area (Å²) >= 11 is 0. The number of hydrogen-bond acceptors (Lipinski definition) is 3. The average Bonchev–Trinajstić information content (AvgIpc) is 3.08. The molecule has 2 saturated carbocycles. The first-order valence-corrected chi connectivity index (χ1v) is 8.30. The van der Waals surface area contributed by atoms with Gasteiger partial charge in [0.2, 0.25) is 5.91 Å². The number of benzene rings is 1. The minimum Gasteiger partial charge on any atom is -0.493 e. The van der Waals surface area contributed by atoms with Gasteiger partial charge in [0.15, 0.2) is 0 Å². The second-order valence-corrected chi connectivity index (χ2v) is 7.02. The summed E-state index contributed by atoms with van der Waals surface area (Å²) in [7, 11) is 1.86. The summed E-state index contributed by atoms with van der Waals surface area (Å²) in [6.45, 7) is 0.691. The van der Waals surface area contributed by atoms with Crippen LogP contribution in [-0.4, -0.2) is 41.7 Å². The zero-order chi connectivity index (χ0) is 15.3. The highest BCUT2D eigenvalue weighted by Crippen LogP contribution is 2.61. The number of carbonyl (C=O) groups excluding carboxylic acids is 1. The maximum atomic E-state index is 12.9. The molecule has 4 nitrogen and oxygen atoms in total. The van der Waals surface area contributed by atoms with Crippen LogP contribution < -0.4 is 4.74 Å². The Morgan fingerprint density at radius 3 is 2.95 bits per heavy atom. The topological polar surface area (TPSA) is 49.8 Å².